The molecule has 0 aliphatic carbocycles. The van der Waals surface area contributed by atoms with Crippen LogP contribution in [-0.2, 0) is 16.4 Å². The van der Waals surface area contributed by atoms with E-state index in [-0.39, 0.29) is 10.8 Å². The highest BCUT2D eigenvalue weighted by atomic mass is 32.2. The van der Waals surface area contributed by atoms with Crippen LogP contribution in [0.1, 0.15) is 42.2 Å². The molecule has 4 N–H and O–H groups in total. The number of nitrogens with two attached hydrogens (primary N) is 1. The Hall–Kier alpha value is -2.45. The van der Waals surface area contributed by atoms with Crippen molar-refractivity contribution in [3.63, 3.8) is 0 Å². The molecule has 0 fully saturated rings. The maximum atomic E-state index is 12.0. The molecule has 0 atom stereocenters. The number of hydrogen-bond acceptors (Lipinski definition) is 5. The van der Waals surface area contributed by atoms with Gasteiger partial charge in [-0.1, -0.05) is 31.9 Å². The lowest BCUT2D eigenvalue weighted by atomic mass is 10.1. The summed E-state index contributed by atoms with van der Waals surface area (Å²) in [6.45, 7) is 3.44. The SMILES string of the molecule is CCCCCNC(=O)c1ccc(NCCc2ccc(S(N)(=O)=O)cc2)cn1. The number of nitrogens with zero attached hydrogens (tertiary/aromatic N) is 1. The standard InChI is InChI=1S/C19H26N4O3S/c1-2-3-4-12-22-19(24)18-10-7-16(14-23-18)21-13-11-15-5-8-17(9-6-15)27(20,25)26/h5-10,14,21H,2-4,11-13H2,1H3,(H,22,24)(H2,20,25,26). The number of benzene rings is 1. The Kier molecular flexibility index (Phi) is 7.75. The minimum absolute atomic E-state index is 0.104. The summed E-state index contributed by atoms with van der Waals surface area (Å²) in [4.78, 5) is 16.3. The number of primary sulfonamides is 1. The van der Waals surface area contributed by atoms with E-state index < -0.39 is 10.0 Å². The minimum atomic E-state index is -3.66. The molecular formula is C19H26N4O3S. The van der Waals surface area contributed by atoms with Gasteiger partial charge < -0.3 is 10.6 Å². The van der Waals surface area contributed by atoms with Crippen LogP contribution in [0.4, 0.5) is 5.69 Å². The second-order valence-electron chi connectivity index (χ2n) is 6.26. The fourth-order valence-electron chi connectivity index (χ4n) is 2.50. The van der Waals surface area contributed by atoms with Gasteiger partial charge in [0.25, 0.3) is 5.91 Å². The van der Waals surface area contributed by atoms with Gasteiger partial charge in [0, 0.05) is 13.1 Å². The third-order valence-corrected chi connectivity index (χ3v) is 4.99. The largest absolute Gasteiger partial charge is 0.383 e. The summed E-state index contributed by atoms with van der Waals surface area (Å²) in [6, 6.07) is 9.99. The van der Waals surface area contributed by atoms with Crippen molar-refractivity contribution < 1.29 is 13.2 Å². The quantitative estimate of drug-likeness (QED) is 0.539. The van der Waals surface area contributed by atoms with E-state index in [1.54, 1.807) is 24.4 Å². The van der Waals surface area contributed by atoms with Gasteiger partial charge in [0.1, 0.15) is 5.69 Å². The van der Waals surface area contributed by atoms with Crippen molar-refractivity contribution in [1.82, 2.24) is 10.3 Å². The van der Waals surface area contributed by atoms with Crippen LogP contribution in [0.25, 0.3) is 0 Å². The zero-order chi connectivity index (χ0) is 19.7. The van der Waals surface area contributed by atoms with Crippen molar-refractivity contribution in [2.75, 3.05) is 18.4 Å². The Balaban J connectivity index is 1.79. The third-order valence-electron chi connectivity index (χ3n) is 4.06. The number of sulfonamides is 1. The zero-order valence-corrected chi connectivity index (χ0v) is 16.3. The first-order valence-electron chi connectivity index (χ1n) is 9.00. The van der Waals surface area contributed by atoms with Crippen LogP contribution in [0.5, 0.6) is 0 Å². The number of amides is 1. The van der Waals surface area contributed by atoms with Crippen molar-refractivity contribution in [2.45, 2.75) is 37.5 Å². The van der Waals surface area contributed by atoms with Gasteiger partial charge in [-0.2, -0.15) is 0 Å². The highest BCUT2D eigenvalue weighted by molar-refractivity contribution is 7.89. The molecule has 0 aliphatic heterocycles. The first-order chi connectivity index (χ1) is 12.9. The lowest BCUT2D eigenvalue weighted by molar-refractivity contribution is 0.0948. The summed E-state index contributed by atoms with van der Waals surface area (Å²) < 4.78 is 22.5. The highest BCUT2D eigenvalue weighted by Gasteiger charge is 2.07. The van der Waals surface area contributed by atoms with E-state index >= 15 is 0 Å². The van der Waals surface area contributed by atoms with Crippen LogP contribution >= 0.6 is 0 Å². The number of carbonyl (C=O) groups is 1. The van der Waals surface area contributed by atoms with E-state index in [0.29, 0.717) is 25.2 Å². The number of nitrogens with one attached hydrogen (secondary N) is 2. The molecule has 2 rings (SSSR count). The molecule has 0 saturated carbocycles. The number of hydrogen-bond donors (Lipinski definition) is 3. The van der Waals surface area contributed by atoms with Crippen LogP contribution in [0.2, 0.25) is 0 Å². The predicted molar refractivity (Wildman–Crippen MR) is 106 cm³/mol. The number of pyridine rings is 1. The average molecular weight is 391 g/mol. The molecular weight excluding hydrogens is 364 g/mol. The van der Waals surface area contributed by atoms with Crippen molar-refractivity contribution in [2.24, 2.45) is 5.14 Å². The van der Waals surface area contributed by atoms with Crippen molar-refractivity contribution >= 4 is 21.6 Å². The molecule has 0 saturated heterocycles. The Labute approximate surface area is 160 Å². The van der Waals surface area contributed by atoms with Crippen molar-refractivity contribution in [3.8, 4) is 0 Å². The smallest absolute Gasteiger partial charge is 0.269 e. The summed E-state index contributed by atoms with van der Waals surface area (Å²) >= 11 is 0. The van der Waals surface area contributed by atoms with Gasteiger partial charge in [0.15, 0.2) is 0 Å². The van der Waals surface area contributed by atoms with E-state index in [2.05, 4.69) is 22.5 Å². The lowest BCUT2D eigenvalue weighted by Gasteiger charge is -2.08. The van der Waals surface area contributed by atoms with Gasteiger partial charge in [-0.05, 0) is 42.7 Å². The molecule has 1 amide bonds. The Morgan fingerprint density at radius 3 is 2.41 bits per heavy atom. The molecule has 7 nitrogen and oxygen atoms in total. The number of unbranched alkanes of at least 4 members (excludes halogenated alkanes) is 2. The lowest BCUT2D eigenvalue weighted by Crippen LogP contribution is -2.25. The molecule has 0 unspecified atom stereocenters. The molecule has 8 heteroatoms. The van der Waals surface area contributed by atoms with Crippen LogP contribution in [0, 0.1) is 0 Å². The van der Waals surface area contributed by atoms with Gasteiger partial charge in [-0.15, -0.1) is 0 Å². The Morgan fingerprint density at radius 1 is 1.07 bits per heavy atom. The highest BCUT2D eigenvalue weighted by Crippen LogP contribution is 2.10. The van der Waals surface area contributed by atoms with E-state index in [4.69, 9.17) is 5.14 Å². The first-order valence-corrected chi connectivity index (χ1v) is 10.5. The molecule has 2 aromatic rings. The second-order valence-corrected chi connectivity index (χ2v) is 7.82. The summed E-state index contributed by atoms with van der Waals surface area (Å²) in [5.41, 5.74) is 2.21. The minimum Gasteiger partial charge on any atom is -0.383 e. The first kappa shape index (κ1) is 20.9. The molecule has 1 aromatic heterocycles. The topological polar surface area (TPSA) is 114 Å². The number of carbonyl (C=O) groups excluding carboxylic acids is 1. The normalized spacial score (nSPS) is 11.2. The Bertz CT molecular complexity index is 834. The Morgan fingerprint density at radius 2 is 1.81 bits per heavy atom. The second kappa shape index (κ2) is 10.0. The van der Waals surface area contributed by atoms with E-state index in [1.165, 1.54) is 12.1 Å². The van der Waals surface area contributed by atoms with Gasteiger partial charge in [0.2, 0.25) is 10.0 Å². The summed E-state index contributed by atoms with van der Waals surface area (Å²) in [5, 5.41) is 11.2. The molecule has 1 aromatic carbocycles. The predicted octanol–water partition coefficient (Wildman–Crippen LogP) is 2.30. The summed E-state index contributed by atoms with van der Waals surface area (Å²) in [5.74, 6) is -0.160. The number of rotatable bonds is 10. The van der Waals surface area contributed by atoms with E-state index in [9.17, 15) is 13.2 Å². The monoisotopic (exact) mass is 390 g/mol. The summed E-state index contributed by atoms with van der Waals surface area (Å²) in [6.07, 6.45) is 5.53. The van der Waals surface area contributed by atoms with E-state index in [0.717, 1.165) is 30.5 Å². The maximum absolute atomic E-state index is 12.0. The fraction of sp³-hybridized carbons (Fsp3) is 0.368. The third kappa shape index (κ3) is 6.99. The molecule has 0 bridgehead atoms. The van der Waals surface area contributed by atoms with Crippen LogP contribution in [-0.4, -0.2) is 32.4 Å². The molecule has 1 heterocycles. The van der Waals surface area contributed by atoms with Crippen molar-refractivity contribution in [1.29, 1.82) is 0 Å². The van der Waals surface area contributed by atoms with Gasteiger partial charge >= 0.3 is 0 Å². The summed E-state index contributed by atoms with van der Waals surface area (Å²) in [7, 11) is -3.66. The maximum Gasteiger partial charge on any atom is 0.269 e. The molecule has 27 heavy (non-hydrogen) atoms. The van der Waals surface area contributed by atoms with Crippen molar-refractivity contribution in [3.05, 3.63) is 53.9 Å². The molecule has 0 spiro atoms. The van der Waals surface area contributed by atoms with Gasteiger partial charge in [-0.3, -0.25) is 4.79 Å². The number of aromatic nitrogens is 1. The fourth-order valence-corrected chi connectivity index (χ4v) is 3.01. The van der Waals surface area contributed by atoms with Gasteiger partial charge in [-0.25, -0.2) is 18.5 Å². The molecule has 146 valence electrons. The van der Waals surface area contributed by atoms with Crippen LogP contribution < -0.4 is 15.8 Å². The average Bonchev–Trinajstić information content (AvgIpc) is 2.65. The van der Waals surface area contributed by atoms with Crippen LogP contribution in [0.3, 0.4) is 0 Å². The molecule has 0 aliphatic rings. The van der Waals surface area contributed by atoms with E-state index in [1.807, 2.05) is 6.07 Å². The zero-order valence-electron chi connectivity index (χ0n) is 15.4. The van der Waals surface area contributed by atoms with Crippen LogP contribution in [0.15, 0.2) is 47.5 Å². The van der Waals surface area contributed by atoms with Gasteiger partial charge in [0.05, 0.1) is 16.8 Å². The number of anilines is 1. The molecule has 0 radical (unpaired) electrons.